The Kier molecular flexibility index (Phi) is 4.86. The highest BCUT2D eigenvalue weighted by molar-refractivity contribution is 9.12. The molecule has 0 radical (unpaired) electrons. The summed E-state index contributed by atoms with van der Waals surface area (Å²) in [6.07, 6.45) is 0. The van der Waals surface area contributed by atoms with Crippen LogP contribution in [0.25, 0.3) is 10.8 Å². The number of rotatable bonds is 3. The van der Waals surface area contributed by atoms with Crippen molar-refractivity contribution >= 4 is 69.9 Å². The van der Waals surface area contributed by atoms with Crippen molar-refractivity contribution in [1.82, 2.24) is 5.32 Å². The summed E-state index contributed by atoms with van der Waals surface area (Å²) in [5, 5.41) is 5.91. The van der Waals surface area contributed by atoms with Crippen LogP contribution in [0.15, 0.2) is 54.5 Å². The van der Waals surface area contributed by atoms with Crippen molar-refractivity contribution in [2.24, 2.45) is 0 Å². The van der Waals surface area contributed by atoms with E-state index >= 15 is 0 Å². The van der Waals surface area contributed by atoms with Gasteiger partial charge in [-0.1, -0.05) is 34.1 Å². The summed E-state index contributed by atoms with van der Waals surface area (Å²) in [6, 6.07) is 15.3. The number of thiophene rings is 1. The molecule has 1 aromatic heterocycles. The maximum absolute atomic E-state index is 3.66. The Morgan fingerprint density at radius 1 is 0.952 bits per heavy atom. The molecule has 108 valence electrons. The molecule has 0 fully saturated rings. The van der Waals surface area contributed by atoms with E-state index in [4.69, 9.17) is 0 Å². The number of hydrogen-bond acceptors (Lipinski definition) is 2. The van der Waals surface area contributed by atoms with Gasteiger partial charge in [-0.15, -0.1) is 11.3 Å². The molecule has 0 aliphatic rings. The lowest BCUT2D eigenvalue weighted by atomic mass is 9.98. The highest BCUT2D eigenvalue weighted by atomic mass is 79.9. The quantitative estimate of drug-likeness (QED) is 0.443. The molecule has 0 spiro atoms. The first kappa shape index (κ1) is 15.7. The Bertz CT molecular complexity index is 797. The summed E-state index contributed by atoms with van der Waals surface area (Å²) < 4.78 is 3.40. The molecule has 1 heterocycles. The van der Waals surface area contributed by atoms with Crippen molar-refractivity contribution in [1.29, 1.82) is 0 Å². The molecular weight excluding hydrogens is 478 g/mol. The van der Waals surface area contributed by atoms with E-state index in [-0.39, 0.29) is 6.04 Å². The number of benzene rings is 2. The van der Waals surface area contributed by atoms with Crippen LogP contribution in [0.4, 0.5) is 0 Å². The standard InChI is InChI=1S/C16H12Br3NS/c1-20-15(13-8-14(18)21-16(13)19)11-3-2-10-7-12(17)5-4-9(10)6-11/h2-8,15,20H,1H3. The predicted octanol–water partition coefficient (Wildman–Crippen LogP) is 6.50. The molecule has 0 aliphatic carbocycles. The van der Waals surface area contributed by atoms with Crippen LogP contribution in [0, 0.1) is 0 Å². The average molecular weight is 490 g/mol. The molecule has 1 atom stereocenters. The van der Waals surface area contributed by atoms with Gasteiger partial charge in [0.05, 0.1) is 13.6 Å². The van der Waals surface area contributed by atoms with Crippen LogP contribution in [0.5, 0.6) is 0 Å². The van der Waals surface area contributed by atoms with E-state index in [0.717, 1.165) is 12.0 Å². The topological polar surface area (TPSA) is 12.0 Å². The molecule has 2 aromatic carbocycles. The van der Waals surface area contributed by atoms with Gasteiger partial charge in [0.15, 0.2) is 0 Å². The van der Waals surface area contributed by atoms with E-state index in [1.54, 1.807) is 11.3 Å². The first-order valence-corrected chi connectivity index (χ1v) is 9.59. The molecule has 3 aromatic rings. The van der Waals surface area contributed by atoms with Crippen molar-refractivity contribution in [3.05, 3.63) is 65.6 Å². The Hall–Kier alpha value is -0.200. The maximum Gasteiger partial charge on any atom is 0.0761 e. The van der Waals surface area contributed by atoms with Crippen molar-refractivity contribution in [2.45, 2.75) is 6.04 Å². The SMILES string of the molecule is CNC(c1ccc2cc(Br)ccc2c1)c1cc(Br)sc1Br. The first-order valence-electron chi connectivity index (χ1n) is 6.39. The zero-order valence-electron chi connectivity index (χ0n) is 11.2. The highest BCUT2D eigenvalue weighted by Gasteiger charge is 2.17. The Morgan fingerprint density at radius 3 is 2.33 bits per heavy atom. The average Bonchev–Trinajstić information content (AvgIpc) is 2.79. The summed E-state index contributed by atoms with van der Waals surface area (Å²) in [6.45, 7) is 0. The largest absolute Gasteiger partial charge is 0.309 e. The van der Waals surface area contributed by atoms with E-state index in [0.29, 0.717) is 0 Å². The Labute approximate surface area is 153 Å². The number of fused-ring (bicyclic) bond motifs is 1. The van der Waals surface area contributed by atoms with Crippen molar-refractivity contribution in [3.8, 4) is 0 Å². The number of nitrogens with one attached hydrogen (secondary N) is 1. The molecular formula is C16H12Br3NS. The zero-order valence-corrected chi connectivity index (χ0v) is 16.7. The van der Waals surface area contributed by atoms with Gasteiger partial charge in [-0.2, -0.15) is 0 Å². The van der Waals surface area contributed by atoms with E-state index < -0.39 is 0 Å². The van der Waals surface area contributed by atoms with Crippen LogP contribution in [0.1, 0.15) is 17.2 Å². The van der Waals surface area contributed by atoms with Gasteiger partial charge in [0.1, 0.15) is 0 Å². The van der Waals surface area contributed by atoms with Crippen molar-refractivity contribution in [3.63, 3.8) is 0 Å². The van der Waals surface area contributed by atoms with Gasteiger partial charge in [0, 0.05) is 4.47 Å². The van der Waals surface area contributed by atoms with Gasteiger partial charge >= 0.3 is 0 Å². The van der Waals surface area contributed by atoms with E-state index in [1.165, 1.54) is 21.9 Å². The summed E-state index contributed by atoms with van der Waals surface area (Å²) in [4.78, 5) is 0. The fraction of sp³-hybridized carbons (Fsp3) is 0.125. The van der Waals surface area contributed by atoms with Crippen LogP contribution < -0.4 is 5.32 Å². The molecule has 0 amide bonds. The third kappa shape index (κ3) is 3.27. The van der Waals surface area contributed by atoms with E-state index in [1.807, 2.05) is 7.05 Å². The molecule has 5 heteroatoms. The summed E-state index contributed by atoms with van der Waals surface area (Å²) >= 11 is 12.4. The highest BCUT2D eigenvalue weighted by Crippen LogP contribution is 2.38. The smallest absolute Gasteiger partial charge is 0.0761 e. The third-order valence-electron chi connectivity index (χ3n) is 3.44. The predicted molar refractivity (Wildman–Crippen MR) is 102 cm³/mol. The van der Waals surface area contributed by atoms with Crippen LogP contribution in [0.2, 0.25) is 0 Å². The maximum atomic E-state index is 3.66. The number of halogens is 3. The normalized spacial score (nSPS) is 12.8. The van der Waals surface area contributed by atoms with Gasteiger partial charge in [0.2, 0.25) is 0 Å². The minimum Gasteiger partial charge on any atom is -0.309 e. The van der Waals surface area contributed by atoms with Gasteiger partial charge in [-0.25, -0.2) is 0 Å². The number of hydrogen-bond donors (Lipinski definition) is 1. The molecule has 3 rings (SSSR count). The van der Waals surface area contributed by atoms with Crippen LogP contribution in [0.3, 0.4) is 0 Å². The van der Waals surface area contributed by atoms with Crippen LogP contribution in [-0.4, -0.2) is 7.05 Å². The Morgan fingerprint density at radius 2 is 1.67 bits per heavy atom. The second-order valence-electron chi connectivity index (χ2n) is 4.75. The summed E-state index contributed by atoms with van der Waals surface area (Å²) in [5.41, 5.74) is 2.52. The lowest BCUT2D eigenvalue weighted by Gasteiger charge is -2.17. The minimum absolute atomic E-state index is 0.176. The van der Waals surface area contributed by atoms with Crippen LogP contribution >= 0.6 is 59.1 Å². The summed E-state index contributed by atoms with van der Waals surface area (Å²) in [5.74, 6) is 0. The monoisotopic (exact) mass is 487 g/mol. The molecule has 0 bridgehead atoms. The van der Waals surface area contributed by atoms with E-state index in [2.05, 4.69) is 95.6 Å². The molecule has 0 saturated heterocycles. The van der Waals surface area contributed by atoms with E-state index in [9.17, 15) is 0 Å². The first-order chi connectivity index (χ1) is 10.1. The second kappa shape index (κ2) is 6.50. The van der Waals surface area contributed by atoms with Gasteiger partial charge < -0.3 is 5.32 Å². The van der Waals surface area contributed by atoms with Gasteiger partial charge in [-0.05, 0) is 85.1 Å². The molecule has 1 nitrogen and oxygen atoms in total. The fourth-order valence-electron chi connectivity index (χ4n) is 2.47. The lowest BCUT2D eigenvalue weighted by molar-refractivity contribution is 0.693. The summed E-state index contributed by atoms with van der Waals surface area (Å²) in [7, 11) is 1.99. The van der Waals surface area contributed by atoms with Crippen molar-refractivity contribution in [2.75, 3.05) is 7.05 Å². The third-order valence-corrected chi connectivity index (χ3v) is 6.32. The van der Waals surface area contributed by atoms with Crippen LogP contribution in [-0.2, 0) is 0 Å². The van der Waals surface area contributed by atoms with Crippen molar-refractivity contribution < 1.29 is 0 Å². The molecule has 21 heavy (non-hydrogen) atoms. The fourth-order valence-corrected chi connectivity index (χ4v) is 5.75. The molecule has 0 saturated carbocycles. The lowest BCUT2D eigenvalue weighted by Crippen LogP contribution is -2.17. The van der Waals surface area contributed by atoms with Gasteiger partial charge in [-0.3, -0.25) is 0 Å². The Balaban J connectivity index is 2.08. The minimum atomic E-state index is 0.176. The second-order valence-corrected chi connectivity index (χ2v) is 9.42. The van der Waals surface area contributed by atoms with Gasteiger partial charge in [0.25, 0.3) is 0 Å². The molecule has 0 aliphatic heterocycles. The molecule has 1 unspecified atom stereocenters. The molecule has 1 N–H and O–H groups in total. The zero-order chi connectivity index (χ0) is 15.0.